The van der Waals surface area contributed by atoms with Crippen LogP contribution in [0.5, 0.6) is 0 Å². The maximum Gasteiger partial charge on any atom is 0.220 e. The molecule has 14 heavy (non-hydrogen) atoms. The van der Waals surface area contributed by atoms with Crippen molar-refractivity contribution >= 4 is 21.4 Å². The monoisotopic (exact) mass is 216 g/mol. The quantitative estimate of drug-likeness (QED) is 0.503. The predicted octanol–water partition coefficient (Wildman–Crippen LogP) is -0.366. The first-order chi connectivity index (χ1) is 6.60. The van der Waals surface area contributed by atoms with Gasteiger partial charge in [0.05, 0.1) is 5.57 Å². The number of rotatable bonds is 2. The molecule has 0 radical (unpaired) electrons. The fourth-order valence-electron chi connectivity index (χ4n) is 1.05. The molecule has 5 nitrogen and oxygen atoms in total. The van der Waals surface area contributed by atoms with Gasteiger partial charge < -0.3 is 9.84 Å². The highest BCUT2D eigenvalue weighted by atomic mass is 32.2. The first-order valence-electron chi connectivity index (χ1n) is 3.67. The van der Waals surface area contributed by atoms with Crippen LogP contribution in [0.15, 0.2) is 23.5 Å². The molecule has 1 rings (SSSR count). The number of hydrogen-bond donors (Lipinski definition) is 1. The Morgan fingerprint density at radius 2 is 2.21 bits per heavy atom. The molecule has 6 heteroatoms. The smallest absolute Gasteiger partial charge is 0.220 e. The Morgan fingerprint density at radius 1 is 1.57 bits per heavy atom. The number of allylic oxidation sites excluding steroid dienone is 1. The van der Waals surface area contributed by atoms with E-state index in [1.807, 2.05) is 0 Å². The van der Waals surface area contributed by atoms with E-state index in [1.165, 1.54) is 7.11 Å². The lowest BCUT2D eigenvalue weighted by atomic mass is 10.0. The van der Waals surface area contributed by atoms with Gasteiger partial charge in [-0.2, -0.15) is 8.42 Å². The Labute approximate surface area is 81.8 Å². The van der Waals surface area contributed by atoms with E-state index in [2.05, 4.69) is 0 Å². The van der Waals surface area contributed by atoms with Crippen molar-refractivity contribution in [3.05, 3.63) is 23.5 Å². The van der Waals surface area contributed by atoms with E-state index in [0.29, 0.717) is 6.29 Å². The van der Waals surface area contributed by atoms with Gasteiger partial charge in [0.25, 0.3) is 0 Å². The zero-order valence-corrected chi connectivity index (χ0v) is 8.11. The summed E-state index contributed by atoms with van der Waals surface area (Å²) < 4.78 is 26.2. The molecule has 1 N–H and O–H groups in total. The van der Waals surface area contributed by atoms with E-state index >= 15 is 0 Å². The van der Waals surface area contributed by atoms with E-state index in [9.17, 15) is 18.3 Å². The summed E-state index contributed by atoms with van der Waals surface area (Å²) in [5.74, 6) is -0.277. The number of carbonyl (C=O) groups is 1. The zero-order chi connectivity index (χ0) is 10.7. The van der Waals surface area contributed by atoms with E-state index in [4.69, 9.17) is 4.74 Å². The molecule has 0 saturated heterocycles. The lowest BCUT2D eigenvalue weighted by Crippen LogP contribution is -2.24. The highest BCUT2D eigenvalue weighted by Crippen LogP contribution is 2.14. The van der Waals surface area contributed by atoms with E-state index in [0.717, 1.165) is 12.2 Å². The van der Waals surface area contributed by atoms with Crippen LogP contribution < -0.4 is 0 Å². The fraction of sp³-hybridized carbons (Fsp3) is 0.250. The summed E-state index contributed by atoms with van der Waals surface area (Å²) in [6.07, 6.45) is 1.79. The first-order valence-corrected chi connectivity index (χ1v) is 4.74. The third-order valence-electron chi connectivity index (χ3n) is 1.76. The minimum Gasteiger partial charge on any atom is -0.507 e. The van der Waals surface area contributed by atoms with Crippen LogP contribution in [0.3, 0.4) is 0 Å². The van der Waals surface area contributed by atoms with Crippen LogP contribution in [0, 0.1) is 0 Å². The number of aliphatic hydroxyl groups is 1. The molecule has 0 saturated carbocycles. The summed E-state index contributed by atoms with van der Waals surface area (Å²) in [5.41, 5.74) is -0.0718. The second-order valence-corrected chi connectivity index (χ2v) is 3.50. The van der Waals surface area contributed by atoms with Crippen molar-refractivity contribution in [1.29, 1.82) is 0 Å². The standard InChI is InChI=1S/C8H8O5S/c1-13-7-3-6(10)5(4-9)2-8(7)14(11)12/h2-4,7,10H,1H3. The molecule has 1 atom stereocenters. The van der Waals surface area contributed by atoms with Gasteiger partial charge in [0, 0.05) is 7.11 Å². The van der Waals surface area contributed by atoms with Crippen molar-refractivity contribution in [3.63, 3.8) is 0 Å². The molecule has 0 aromatic carbocycles. The SMILES string of the molecule is COC1C=C(O)C(C=O)=CC1=S(=O)=O. The highest BCUT2D eigenvalue weighted by Gasteiger charge is 2.21. The van der Waals surface area contributed by atoms with Gasteiger partial charge >= 0.3 is 0 Å². The average molecular weight is 216 g/mol. The maximum absolute atomic E-state index is 10.7. The molecule has 0 spiro atoms. The molecule has 76 valence electrons. The fourth-order valence-corrected chi connectivity index (χ4v) is 1.63. The number of carbonyl (C=O) groups excluding carboxylic acids is 1. The topological polar surface area (TPSA) is 80.7 Å². The van der Waals surface area contributed by atoms with Crippen LogP contribution in [0.4, 0.5) is 0 Å². The van der Waals surface area contributed by atoms with Gasteiger partial charge in [-0.15, -0.1) is 0 Å². The zero-order valence-electron chi connectivity index (χ0n) is 7.30. The molecule has 1 aliphatic carbocycles. The van der Waals surface area contributed by atoms with Crippen molar-refractivity contribution < 1.29 is 23.1 Å². The summed E-state index contributed by atoms with van der Waals surface area (Å²) in [5, 5.41) is 9.24. The normalized spacial score (nSPS) is 21.2. The molecule has 0 fully saturated rings. The second-order valence-electron chi connectivity index (χ2n) is 2.56. The minimum absolute atomic E-state index is 0.0718. The predicted molar refractivity (Wildman–Crippen MR) is 49.6 cm³/mol. The van der Waals surface area contributed by atoms with Crippen LogP contribution in [-0.4, -0.2) is 37.9 Å². The number of ether oxygens (including phenoxy) is 1. The first kappa shape index (κ1) is 10.7. The number of hydrogen-bond acceptors (Lipinski definition) is 5. The van der Waals surface area contributed by atoms with Gasteiger partial charge in [-0.25, -0.2) is 0 Å². The second kappa shape index (κ2) is 4.21. The molecule has 1 unspecified atom stereocenters. The Morgan fingerprint density at radius 3 is 2.64 bits per heavy atom. The molecule has 0 heterocycles. The summed E-state index contributed by atoms with van der Waals surface area (Å²) >= 11 is 0. The van der Waals surface area contributed by atoms with Crippen LogP contribution in [0.1, 0.15) is 0 Å². The molecule has 0 aliphatic heterocycles. The van der Waals surface area contributed by atoms with Crippen molar-refractivity contribution in [2.24, 2.45) is 0 Å². The van der Waals surface area contributed by atoms with Gasteiger partial charge in [0.1, 0.15) is 16.7 Å². The Balaban J connectivity index is 3.30. The van der Waals surface area contributed by atoms with Gasteiger partial charge in [-0.1, -0.05) is 0 Å². The summed E-state index contributed by atoms with van der Waals surface area (Å²) in [4.78, 5) is 10.3. The average Bonchev–Trinajstić information content (AvgIpc) is 2.16. The summed E-state index contributed by atoms with van der Waals surface area (Å²) in [6, 6.07) is 0. The van der Waals surface area contributed by atoms with E-state index in [1.54, 1.807) is 0 Å². The lowest BCUT2D eigenvalue weighted by Gasteiger charge is -2.14. The Kier molecular flexibility index (Phi) is 3.21. The van der Waals surface area contributed by atoms with Gasteiger partial charge in [0.15, 0.2) is 6.29 Å². The summed E-state index contributed by atoms with van der Waals surface area (Å²) in [6.45, 7) is 0. The molecule has 1 aliphatic rings. The van der Waals surface area contributed by atoms with E-state index < -0.39 is 16.4 Å². The Bertz CT molecular complexity index is 432. The molecule has 0 amide bonds. The van der Waals surface area contributed by atoms with Gasteiger partial charge in [-0.3, -0.25) is 4.79 Å². The molecule has 0 aromatic heterocycles. The van der Waals surface area contributed by atoms with Gasteiger partial charge in [0.2, 0.25) is 10.3 Å². The number of aliphatic hydroxyl groups excluding tert-OH is 1. The minimum atomic E-state index is -2.47. The number of aldehydes is 1. The van der Waals surface area contributed by atoms with E-state index in [-0.39, 0.29) is 16.2 Å². The molecule has 0 aromatic rings. The molecule has 0 bridgehead atoms. The van der Waals surface area contributed by atoms with Crippen LogP contribution in [0.2, 0.25) is 0 Å². The van der Waals surface area contributed by atoms with Crippen LogP contribution in [0.25, 0.3) is 0 Å². The third-order valence-corrected chi connectivity index (χ3v) is 2.49. The van der Waals surface area contributed by atoms with Crippen molar-refractivity contribution in [1.82, 2.24) is 0 Å². The van der Waals surface area contributed by atoms with Crippen LogP contribution in [-0.2, 0) is 19.8 Å². The molecular formula is C8H8O5S. The highest BCUT2D eigenvalue weighted by molar-refractivity contribution is 7.73. The number of methoxy groups -OCH3 is 1. The van der Waals surface area contributed by atoms with Crippen LogP contribution >= 0.6 is 0 Å². The van der Waals surface area contributed by atoms with Crippen molar-refractivity contribution in [3.8, 4) is 0 Å². The molecular weight excluding hydrogens is 208 g/mol. The Hall–Kier alpha value is -1.40. The third kappa shape index (κ3) is 1.91. The largest absolute Gasteiger partial charge is 0.507 e. The maximum atomic E-state index is 10.7. The van der Waals surface area contributed by atoms with Gasteiger partial charge in [-0.05, 0) is 12.2 Å². The summed E-state index contributed by atoms with van der Waals surface area (Å²) in [7, 11) is -1.16. The van der Waals surface area contributed by atoms with Crippen molar-refractivity contribution in [2.75, 3.05) is 7.11 Å². The van der Waals surface area contributed by atoms with Crippen molar-refractivity contribution in [2.45, 2.75) is 6.10 Å². The lowest BCUT2D eigenvalue weighted by molar-refractivity contribution is -0.104.